The van der Waals surface area contributed by atoms with E-state index in [9.17, 15) is 18.5 Å². The Balaban J connectivity index is 2.21. The molecule has 1 fully saturated rings. The number of benzene rings is 1. The first-order valence-corrected chi connectivity index (χ1v) is 9.42. The number of nitrogens with zero attached hydrogens (tertiary/aromatic N) is 1. The zero-order chi connectivity index (χ0) is 17.0. The Morgan fingerprint density at radius 1 is 1.52 bits per heavy atom. The fraction of sp³-hybridized carbons (Fsp3) is 0.333. The molecular formula is C15H15BrN2O4S. The summed E-state index contributed by atoms with van der Waals surface area (Å²) < 4.78 is 28.8. The maximum atomic E-state index is 12.2. The first-order valence-electron chi connectivity index (χ1n) is 6.81. The van der Waals surface area contributed by atoms with Crippen LogP contribution in [0.2, 0.25) is 0 Å². The van der Waals surface area contributed by atoms with E-state index in [4.69, 9.17) is 4.74 Å². The maximum Gasteiger partial charge on any atom is 0.262 e. The number of nitrogens with one attached hydrogen (secondary N) is 1. The summed E-state index contributed by atoms with van der Waals surface area (Å²) in [5.41, 5.74) is 0.471. The second-order valence-electron chi connectivity index (χ2n) is 5.13. The largest absolute Gasteiger partial charge is 0.496 e. The van der Waals surface area contributed by atoms with Crippen LogP contribution >= 0.6 is 15.9 Å². The molecule has 0 bridgehead atoms. The lowest BCUT2D eigenvalue weighted by atomic mass is 10.1. The predicted octanol–water partition coefficient (Wildman–Crippen LogP) is 1.67. The molecule has 0 radical (unpaired) electrons. The first kappa shape index (κ1) is 17.5. The van der Waals surface area contributed by atoms with Gasteiger partial charge in [-0.2, -0.15) is 5.26 Å². The molecule has 1 aliphatic rings. The SMILES string of the molecule is COc1ccc(Br)cc1C=C(C#N)C(=O)NC1CCS(=O)(=O)C1. The number of nitriles is 1. The topological polar surface area (TPSA) is 96.3 Å². The normalized spacial score (nSPS) is 19.9. The summed E-state index contributed by atoms with van der Waals surface area (Å²) in [6, 6.07) is 6.62. The van der Waals surface area contributed by atoms with Gasteiger partial charge in [0.15, 0.2) is 9.84 Å². The highest BCUT2D eigenvalue weighted by atomic mass is 79.9. The second kappa shape index (κ2) is 7.15. The maximum absolute atomic E-state index is 12.2. The number of hydrogen-bond acceptors (Lipinski definition) is 5. The van der Waals surface area contributed by atoms with Gasteiger partial charge in [0.1, 0.15) is 17.4 Å². The molecule has 6 nitrogen and oxygen atoms in total. The number of amides is 1. The van der Waals surface area contributed by atoms with Crippen molar-refractivity contribution in [1.82, 2.24) is 5.32 Å². The van der Waals surface area contributed by atoms with Crippen molar-refractivity contribution in [3.05, 3.63) is 33.8 Å². The van der Waals surface area contributed by atoms with Gasteiger partial charge in [-0.05, 0) is 30.7 Å². The number of ether oxygens (including phenoxy) is 1. The van der Waals surface area contributed by atoms with Crippen molar-refractivity contribution in [2.24, 2.45) is 0 Å². The molecule has 0 aliphatic carbocycles. The van der Waals surface area contributed by atoms with Gasteiger partial charge in [0.2, 0.25) is 0 Å². The van der Waals surface area contributed by atoms with Crippen molar-refractivity contribution in [2.75, 3.05) is 18.6 Å². The molecular weight excluding hydrogens is 384 g/mol. The van der Waals surface area contributed by atoms with Crippen LogP contribution in [0.25, 0.3) is 6.08 Å². The summed E-state index contributed by atoms with van der Waals surface area (Å²) in [6.07, 6.45) is 1.79. The number of carbonyl (C=O) groups excluding carboxylic acids is 1. The van der Waals surface area contributed by atoms with Gasteiger partial charge in [0, 0.05) is 16.1 Å². The lowest BCUT2D eigenvalue weighted by Gasteiger charge is -2.10. The van der Waals surface area contributed by atoms with Crippen molar-refractivity contribution < 1.29 is 17.9 Å². The smallest absolute Gasteiger partial charge is 0.262 e. The molecule has 122 valence electrons. The zero-order valence-corrected chi connectivity index (χ0v) is 14.8. The summed E-state index contributed by atoms with van der Waals surface area (Å²) in [7, 11) is -1.60. The van der Waals surface area contributed by atoms with Crippen LogP contribution in [0.15, 0.2) is 28.2 Å². The third kappa shape index (κ3) is 4.56. The van der Waals surface area contributed by atoms with Gasteiger partial charge in [-0.1, -0.05) is 15.9 Å². The number of sulfone groups is 1. The highest BCUT2D eigenvalue weighted by molar-refractivity contribution is 9.10. The van der Waals surface area contributed by atoms with Crippen LogP contribution in [0, 0.1) is 11.3 Å². The molecule has 1 N–H and O–H groups in total. The van der Waals surface area contributed by atoms with Crippen molar-refractivity contribution >= 4 is 37.8 Å². The van der Waals surface area contributed by atoms with E-state index in [2.05, 4.69) is 21.2 Å². The van der Waals surface area contributed by atoms with E-state index in [0.717, 1.165) is 4.47 Å². The third-order valence-corrected chi connectivity index (χ3v) is 5.69. The van der Waals surface area contributed by atoms with Crippen molar-refractivity contribution in [3.8, 4) is 11.8 Å². The summed E-state index contributed by atoms with van der Waals surface area (Å²) in [5.74, 6) is -0.0884. The third-order valence-electron chi connectivity index (χ3n) is 3.42. The number of methoxy groups -OCH3 is 1. The Morgan fingerprint density at radius 3 is 2.83 bits per heavy atom. The van der Waals surface area contributed by atoms with E-state index < -0.39 is 21.8 Å². The summed E-state index contributed by atoms with van der Waals surface area (Å²) >= 11 is 3.32. The number of hydrogen-bond donors (Lipinski definition) is 1. The zero-order valence-electron chi connectivity index (χ0n) is 12.4. The molecule has 1 amide bonds. The second-order valence-corrected chi connectivity index (χ2v) is 8.27. The van der Waals surface area contributed by atoms with Gasteiger partial charge in [0.25, 0.3) is 5.91 Å². The highest BCUT2D eigenvalue weighted by Gasteiger charge is 2.29. The standard InChI is InChI=1S/C15H15BrN2O4S/c1-22-14-3-2-12(16)7-10(14)6-11(8-17)15(19)18-13-4-5-23(20,21)9-13/h2-3,6-7,13H,4-5,9H2,1H3,(H,18,19). The van der Waals surface area contributed by atoms with E-state index in [1.54, 1.807) is 18.2 Å². The van der Waals surface area contributed by atoms with E-state index in [0.29, 0.717) is 17.7 Å². The van der Waals surface area contributed by atoms with Crippen LogP contribution in [0.5, 0.6) is 5.75 Å². The Labute approximate surface area is 143 Å². The summed E-state index contributed by atoms with van der Waals surface area (Å²) in [6.45, 7) is 0. The lowest BCUT2D eigenvalue weighted by molar-refractivity contribution is -0.117. The van der Waals surface area contributed by atoms with E-state index in [1.807, 2.05) is 6.07 Å². The first-order chi connectivity index (χ1) is 10.8. The van der Waals surface area contributed by atoms with Gasteiger partial charge in [-0.3, -0.25) is 4.79 Å². The van der Waals surface area contributed by atoms with Crippen LogP contribution in [-0.4, -0.2) is 39.0 Å². The van der Waals surface area contributed by atoms with E-state index in [1.165, 1.54) is 13.2 Å². The van der Waals surface area contributed by atoms with Crippen molar-refractivity contribution in [1.29, 1.82) is 5.26 Å². The van der Waals surface area contributed by atoms with Crippen LogP contribution in [-0.2, 0) is 14.6 Å². The molecule has 1 aromatic carbocycles. The molecule has 1 saturated heterocycles. The van der Waals surface area contributed by atoms with Crippen molar-refractivity contribution in [3.63, 3.8) is 0 Å². The van der Waals surface area contributed by atoms with Gasteiger partial charge in [-0.25, -0.2) is 8.42 Å². The minimum Gasteiger partial charge on any atom is -0.496 e. The molecule has 23 heavy (non-hydrogen) atoms. The monoisotopic (exact) mass is 398 g/mol. The van der Waals surface area contributed by atoms with Crippen LogP contribution in [0.1, 0.15) is 12.0 Å². The highest BCUT2D eigenvalue weighted by Crippen LogP contribution is 2.25. The Kier molecular flexibility index (Phi) is 5.44. The Hall–Kier alpha value is -1.85. The molecule has 0 saturated carbocycles. The molecule has 2 rings (SSSR count). The summed E-state index contributed by atoms with van der Waals surface area (Å²) in [5, 5.41) is 11.8. The van der Waals surface area contributed by atoms with Crippen LogP contribution in [0.3, 0.4) is 0 Å². The Morgan fingerprint density at radius 2 is 2.26 bits per heavy atom. The van der Waals surface area contributed by atoms with Gasteiger partial charge < -0.3 is 10.1 Å². The molecule has 1 atom stereocenters. The fourth-order valence-electron chi connectivity index (χ4n) is 2.29. The minimum absolute atomic E-state index is 0.0585. The summed E-state index contributed by atoms with van der Waals surface area (Å²) in [4.78, 5) is 12.2. The average Bonchev–Trinajstić information content (AvgIpc) is 2.83. The van der Waals surface area contributed by atoms with E-state index in [-0.39, 0.29) is 17.1 Å². The molecule has 1 aliphatic heterocycles. The molecule has 0 spiro atoms. The quantitative estimate of drug-likeness (QED) is 0.614. The van der Waals surface area contributed by atoms with Gasteiger partial charge in [0.05, 0.1) is 18.6 Å². The number of rotatable bonds is 4. The number of halogens is 1. The molecule has 8 heteroatoms. The van der Waals surface area contributed by atoms with Crippen LogP contribution in [0.4, 0.5) is 0 Å². The minimum atomic E-state index is -3.09. The molecule has 1 unspecified atom stereocenters. The van der Waals surface area contributed by atoms with Crippen LogP contribution < -0.4 is 10.1 Å². The predicted molar refractivity (Wildman–Crippen MR) is 89.5 cm³/mol. The van der Waals surface area contributed by atoms with Crippen molar-refractivity contribution in [2.45, 2.75) is 12.5 Å². The van der Waals surface area contributed by atoms with Gasteiger partial charge >= 0.3 is 0 Å². The Bertz CT molecular complexity index is 796. The lowest BCUT2D eigenvalue weighted by Crippen LogP contribution is -2.36. The van der Waals surface area contributed by atoms with E-state index >= 15 is 0 Å². The van der Waals surface area contributed by atoms with Gasteiger partial charge in [-0.15, -0.1) is 0 Å². The average molecular weight is 399 g/mol. The number of carbonyl (C=O) groups is 1. The molecule has 1 aromatic rings. The molecule has 0 aromatic heterocycles. The molecule has 1 heterocycles. The fourth-order valence-corrected chi connectivity index (χ4v) is 4.35.